The van der Waals surface area contributed by atoms with Crippen LogP contribution in [0.2, 0.25) is 0 Å². The monoisotopic (exact) mass is 280 g/mol. The largest absolute Gasteiger partial charge is 0.377 e. The maximum Gasteiger partial charge on any atom is 0.148 e. The van der Waals surface area contributed by atoms with E-state index in [4.69, 9.17) is 0 Å². The van der Waals surface area contributed by atoms with Gasteiger partial charge in [-0.25, -0.2) is 4.98 Å². The molecule has 108 valence electrons. The first-order chi connectivity index (χ1) is 9.92. The van der Waals surface area contributed by atoms with E-state index in [0.29, 0.717) is 11.4 Å². The van der Waals surface area contributed by atoms with Crippen LogP contribution in [0.5, 0.6) is 0 Å². The van der Waals surface area contributed by atoms with Crippen molar-refractivity contribution in [1.82, 2.24) is 4.98 Å². The molecule has 0 fully saturated rings. The van der Waals surface area contributed by atoms with Crippen molar-refractivity contribution in [3.8, 4) is 6.07 Å². The van der Waals surface area contributed by atoms with Gasteiger partial charge in [-0.05, 0) is 50.1 Å². The lowest BCUT2D eigenvalue weighted by Crippen LogP contribution is -2.10. The van der Waals surface area contributed by atoms with Crippen molar-refractivity contribution in [2.24, 2.45) is 0 Å². The number of nitrogens with one attached hydrogen (secondary N) is 1. The van der Waals surface area contributed by atoms with Crippen LogP contribution in [0.3, 0.4) is 0 Å². The normalized spacial score (nSPS) is 10.1. The Kier molecular flexibility index (Phi) is 4.13. The average Bonchev–Trinajstić information content (AvgIpc) is 2.40. The second-order valence-corrected chi connectivity index (χ2v) is 5.44. The lowest BCUT2D eigenvalue weighted by atomic mass is 10.1. The molecule has 0 unspecified atom stereocenters. The predicted octanol–water partition coefficient (Wildman–Crippen LogP) is 3.69. The van der Waals surface area contributed by atoms with Gasteiger partial charge in [0.2, 0.25) is 0 Å². The molecule has 0 saturated carbocycles. The number of hydrogen-bond acceptors (Lipinski definition) is 4. The minimum absolute atomic E-state index is 0.590. The summed E-state index contributed by atoms with van der Waals surface area (Å²) < 4.78 is 0. The van der Waals surface area contributed by atoms with Gasteiger partial charge in [0.15, 0.2) is 0 Å². The molecule has 0 amide bonds. The number of pyridine rings is 1. The summed E-state index contributed by atoms with van der Waals surface area (Å²) in [6.45, 7) is 5.94. The van der Waals surface area contributed by atoms with Gasteiger partial charge in [-0.3, -0.25) is 0 Å². The van der Waals surface area contributed by atoms with Crippen molar-refractivity contribution in [1.29, 1.82) is 5.26 Å². The van der Waals surface area contributed by atoms with Gasteiger partial charge in [0.1, 0.15) is 11.9 Å². The lowest BCUT2D eigenvalue weighted by molar-refractivity contribution is 1.11. The quantitative estimate of drug-likeness (QED) is 0.931. The van der Waals surface area contributed by atoms with Crippen LogP contribution in [0.1, 0.15) is 22.4 Å². The third kappa shape index (κ3) is 3.14. The summed E-state index contributed by atoms with van der Waals surface area (Å²) in [4.78, 5) is 6.52. The van der Waals surface area contributed by atoms with E-state index in [1.54, 1.807) is 0 Å². The van der Waals surface area contributed by atoms with Gasteiger partial charge in [-0.2, -0.15) is 5.26 Å². The fraction of sp³-hybridized carbons (Fsp3) is 0.294. The number of nitriles is 1. The smallest absolute Gasteiger partial charge is 0.148 e. The van der Waals surface area contributed by atoms with Gasteiger partial charge < -0.3 is 10.2 Å². The molecule has 21 heavy (non-hydrogen) atoms. The highest BCUT2D eigenvalue weighted by molar-refractivity contribution is 5.69. The highest BCUT2D eigenvalue weighted by Crippen LogP contribution is 2.26. The zero-order valence-electron chi connectivity index (χ0n) is 13.2. The minimum Gasteiger partial charge on any atom is -0.377 e. The first-order valence-corrected chi connectivity index (χ1v) is 6.85. The third-order valence-electron chi connectivity index (χ3n) is 3.41. The fourth-order valence-corrected chi connectivity index (χ4v) is 2.37. The Morgan fingerprint density at radius 2 is 1.81 bits per heavy atom. The molecule has 1 aromatic heterocycles. The first kappa shape index (κ1) is 14.9. The van der Waals surface area contributed by atoms with Crippen molar-refractivity contribution in [3.05, 3.63) is 46.6 Å². The van der Waals surface area contributed by atoms with Crippen LogP contribution >= 0.6 is 0 Å². The summed E-state index contributed by atoms with van der Waals surface area (Å²) in [5.41, 5.74) is 5.70. The summed E-state index contributed by atoms with van der Waals surface area (Å²) >= 11 is 0. The summed E-state index contributed by atoms with van der Waals surface area (Å²) in [6, 6.07) is 10.3. The van der Waals surface area contributed by atoms with E-state index in [-0.39, 0.29) is 0 Å². The Morgan fingerprint density at radius 3 is 2.43 bits per heavy atom. The zero-order chi connectivity index (χ0) is 15.6. The molecule has 0 aliphatic heterocycles. The van der Waals surface area contributed by atoms with Gasteiger partial charge in [-0.15, -0.1) is 0 Å². The maximum atomic E-state index is 9.32. The number of hydrogen-bond donors (Lipinski definition) is 1. The number of aryl methyl sites for hydroxylation is 3. The molecular weight excluding hydrogens is 260 g/mol. The van der Waals surface area contributed by atoms with Crippen LogP contribution in [-0.2, 0) is 0 Å². The van der Waals surface area contributed by atoms with Crippen LogP contribution in [0.15, 0.2) is 24.3 Å². The molecular formula is C17H20N4. The SMILES string of the molecule is Cc1cc(C)c(C#N)c(Nc2ccc(C)c(N(C)C)c2)n1. The maximum absolute atomic E-state index is 9.32. The van der Waals surface area contributed by atoms with Gasteiger partial charge >= 0.3 is 0 Å². The summed E-state index contributed by atoms with van der Waals surface area (Å²) in [7, 11) is 4.03. The summed E-state index contributed by atoms with van der Waals surface area (Å²) in [6.07, 6.45) is 0. The van der Waals surface area contributed by atoms with Crippen LogP contribution in [0.25, 0.3) is 0 Å². The van der Waals surface area contributed by atoms with E-state index in [2.05, 4.69) is 40.3 Å². The zero-order valence-corrected chi connectivity index (χ0v) is 13.2. The van der Waals surface area contributed by atoms with Crippen molar-refractivity contribution >= 4 is 17.2 Å². The second kappa shape index (κ2) is 5.84. The fourth-order valence-electron chi connectivity index (χ4n) is 2.37. The number of anilines is 3. The molecule has 0 saturated heterocycles. The van der Waals surface area contributed by atoms with Crippen molar-refractivity contribution in [2.45, 2.75) is 20.8 Å². The Balaban J connectivity index is 2.44. The molecule has 2 rings (SSSR count). The van der Waals surface area contributed by atoms with E-state index in [1.165, 1.54) is 5.56 Å². The van der Waals surface area contributed by atoms with Crippen LogP contribution in [0.4, 0.5) is 17.2 Å². The molecule has 0 radical (unpaired) electrons. The molecule has 0 spiro atoms. The van der Waals surface area contributed by atoms with E-state index in [0.717, 1.165) is 22.6 Å². The molecule has 1 aromatic carbocycles. The summed E-state index contributed by atoms with van der Waals surface area (Å²) in [5, 5.41) is 12.6. The molecule has 0 atom stereocenters. The Morgan fingerprint density at radius 1 is 1.10 bits per heavy atom. The standard InChI is InChI=1S/C17H20N4/c1-11-6-7-14(9-16(11)21(4)5)20-17-15(10-18)12(2)8-13(3)19-17/h6-9H,1-5H3,(H,19,20). The number of nitrogens with zero attached hydrogens (tertiary/aromatic N) is 3. The van der Waals surface area contributed by atoms with E-state index in [1.807, 2.05) is 40.1 Å². The number of aromatic nitrogens is 1. The second-order valence-electron chi connectivity index (χ2n) is 5.44. The highest BCUT2D eigenvalue weighted by atomic mass is 15.1. The molecule has 0 aliphatic carbocycles. The van der Waals surface area contributed by atoms with E-state index in [9.17, 15) is 5.26 Å². The Bertz CT molecular complexity index is 711. The van der Waals surface area contributed by atoms with Crippen LogP contribution in [-0.4, -0.2) is 19.1 Å². The topological polar surface area (TPSA) is 52.0 Å². The molecule has 4 heteroatoms. The van der Waals surface area contributed by atoms with Crippen molar-refractivity contribution in [2.75, 3.05) is 24.3 Å². The van der Waals surface area contributed by atoms with Gasteiger partial charge in [0.05, 0.1) is 5.56 Å². The molecule has 1 N–H and O–H groups in total. The van der Waals surface area contributed by atoms with E-state index < -0.39 is 0 Å². The Labute approximate surface area is 126 Å². The Hall–Kier alpha value is -2.54. The predicted molar refractivity (Wildman–Crippen MR) is 87.2 cm³/mol. The highest BCUT2D eigenvalue weighted by Gasteiger charge is 2.10. The number of benzene rings is 1. The third-order valence-corrected chi connectivity index (χ3v) is 3.41. The van der Waals surface area contributed by atoms with Gasteiger partial charge in [0, 0.05) is 31.2 Å². The average molecular weight is 280 g/mol. The molecule has 0 aliphatic rings. The minimum atomic E-state index is 0.590. The van der Waals surface area contributed by atoms with Crippen LogP contribution < -0.4 is 10.2 Å². The first-order valence-electron chi connectivity index (χ1n) is 6.85. The van der Waals surface area contributed by atoms with E-state index >= 15 is 0 Å². The van der Waals surface area contributed by atoms with Crippen molar-refractivity contribution in [3.63, 3.8) is 0 Å². The summed E-state index contributed by atoms with van der Waals surface area (Å²) in [5.74, 6) is 0.614. The molecule has 4 nitrogen and oxygen atoms in total. The van der Waals surface area contributed by atoms with Gasteiger partial charge in [-0.1, -0.05) is 6.07 Å². The molecule has 1 heterocycles. The number of rotatable bonds is 3. The lowest BCUT2D eigenvalue weighted by Gasteiger charge is -2.18. The van der Waals surface area contributed by atoms with Crippen LogP contribution in [0, 0.1) is 32.1 Å². The molecule has 2 aromatic rings. The van der Waals surface area contributed by atoms with Gasteiger partial charge in [0.25, 0.3) is 0 Å². The molecule has 0 bridgehead atoms. The van der Waals surface area contributed by atoms with Crippen molar-refractivity contribution < 1.29 is 0 Å².